The van der Waals surface area contributed by atoms with E-state index >= 15 is 0 Å². The summed E-state index contributed by atoms with van der Waals surface area (Å²) in [6.07, 6.45) is -5.31. The number of aromatic nitrogens is 1. The summed E-state index contributed by atoms with van der Waals surface area (Å²) in [5.41, 5.74) is 7.50. The topological polar surface area (TPSA) is 88.2 Å². The van der Waals surface area contributed by atoms with E-state index in [1.54, 1.807) is 60.0 Å². The number of thiazole rings is 1. The third kappa shape index (κ3) is 6.18. The third-order valence-electron chi connectivity index (χ3n) is 3.99. The molecule has 2 aromatic carbocycles. The summed E-state index contributed by atoms with van der Waals surface area (Å²) in [4.78, 5) is 16.2. The van der Waals surface area contributed by atoms with Crippen molar-refractivity contribution in [3.8, 4) is 0 Å². The number of nitrogens with two attached hydrogens (primary N) is 1. The van der Waals surface area contributed by atoms with Crippen molar-refractivity contribution >= 4 is 28.1 Å². The molecule has 146 valence electrons. The quantitative estimate of drug-likeness (QED) is 0.499. The molecule has 28 heavy (non-hydrogen) atoms. The minimum atomic E-state index is -1.98. The lowest BCUT2D eigenvalue weighted by molar-refractivity contribution is -0.115. The van der Waals surface area contributed by atoms with Crippen LogP contribution in [0.5, 0.6) is 0 Å². The van der Waals surface area contributed by atoms with E-state index in [-0.39, 0.29) is 25.2 Å². The Labute approximate surface area is 174 Å². The van der Waals surface area contributed by atoms with Gasteiger partial charge in [-0.1, -0.05) is 48.9 Å². The molecule has 0 aliphatic heterocycles. The van der Waals surface area contributed by atoms with Crippen molar-refractivity contribution in [3.63, 3.8) is 0 Å². The van der Waals surface area contributed by atoms with Gasteiger partial charge in [0, 0.05) is 16.6 Å². The van der Waals surface area contributed by atoms with Crippen LogP contribution in [0.2, 0.25) is 0 Å². The van der Waals surface area contributed by atoms with E-state index in [9.17, 15) is 9.90 Å². The molecule has 6 heteroatoms. The Balaban J connectivity index is 1.58. The second-order valence-electron chi connectivity index (χ2n) is 6.17. The molecule has 1 amide bonds. The first kappa shape index (κ1) is 15.2. The van der Waals surface area contributed by atoms with Crippen LogP contribution in [0.25, 0.3) is 0 Å². The second kappa shape index (κ2) is 10.0. The number of benzene rings is 2. The summed E-state index contributed by atoms with van der Waals surface area (Å²) in [6.45, 7) is 0. The van der Waals surface area contributed by atoms with Crippen LogP contribution in [0, 0.1) is 0 Å². The molecule has 0 radical (unpaired) electrons. The monoisotopic (exact) mass is 399 g/mol. The van der Waals surface area contributed by atoms with Gasteiger partial charge in [-0.25, -0.2) is 4.98 Å². The molecular weight excluding hydrogens is 370 g/mol. The zero-order valence-electron chi connectivity index (χ0n) is 19.3. The van der Waals surface area contributed by atoms with E-state index in [0.29, 0.717) is 27.6 Å². The van der Waals surface area contributed by atoms with E-state index in [1.165, 1.54) is 11.3 Å². The fraction of sp³-hybridized carbons (Fsp3) is 0.273. The third-order valence-corrected chi connectivity index (χ3v) is 4.71. The normalized spacial score (nSPS) is 15.0. The summed E-state index contributed by atoms with van der Waals surface area (Å²) in [6, 6.07) is 14.9. The summed E-state index contributed by atoms with van der Waals surface area (Å²) in [7, 11) is 0. The Morgan fingerprint density at radius 1 is 1.18 bits per heavy atom. The first-order chi connectivity index (χ1) is 15.1. The number of aliphatic hydroxyl groups excluding tert-OH is 1. The molecule has 0 aliphatic carbocycles. The zero-order valence-corrected chi connectivity index (χ0v) is 16.1. The summed E-state index contributed by atoms with van der Waals surface area (Å²) >= 11 is 1.27. The maximum atomic E-state index is 12.1. The number of rotatable bonds is 9. The fourth-order valence-corrected chi connectivity index (χ4v) is 3.18. The lowest BCUT2D eigenvalue weighted by Crippen LogP contribution is -2.14. The number of nitrogens with one attached hydrogen (secondary N) is 1. The van der Waals surface area contributed by atoms with Gasteiger partial charge in [0.1, 0.15) is 0 Å². The van der Waals surface area contributed by atoms with E-state index in [2.05, 4.69) is 10.3 Å². The molecule has 0 fully saturated rings. The van der Waals surface area contributed by atoms with Gasteiger partial charge < -0.3 is 16.2 Å². The zero-order chi connectivity index (χ0) is 23.4. The SMILES string of the molecule is [2H]C([2H])(CCC([2H])([2H])[C@H](O)c1ccccc1)c1ccc(NC(=O)Cc2csc(N)n2)cc1. The van der Waals surface area contributed by atoms with E-state index < -0.39 is 18.8 Å². The molecule has 1 atom stereocenters. The molecule has 1 heterocycles. The van der Waals surface area contributed by atoms with Crippen LogP contribution in [0.3, 0.4) is 0 Å². The van der Waals surface area contributed by atoms with Crippen LogP contribution in [0.1, 0.15) is 47.6 Å². The molecule has 1 aromatic heterocycles. The number of carbonyl (C=O) groups is 1. The van der Waals surface area contributed by atoms with E-state index in [0.717, 1.165) is 0 Å². The maximum absolute atomic E-state index is 12.1. The van der Waals surface area contributed by atoms with Crippen molar-refractivity contribution in [2.45, 2.75) is 38.1 Å². The number of aliphatic hydroxyl groups is 1. The average molecular weight is 400 g/mol. The Morgan fingerprint density at radius 2 is 1.93 bits per heavy atom. The summed E-state index contributed by atoms with van der Waals surface area (Å²) in [5, 5.41) is 15.3. The first-order valence-electron chi connectivity index (χ1n) is 10.9. The van der Waals surface area contributed by atoms with Crippen LogP contribution in [-0.4, -0.2) is 16.0 Å². The molecule has 0 unspecified atom stereocenters. The standard InChI is InChI=1S/C22H25N3O2S/c23-22-25-19(15-28-22)14-21(27)24-18-12-10-16(11-13-18)6-4-5-9-20(26)17-7-2-1-3-8-17/h1-3,7-8,10-13,15,20,26H,4-6,9,14H2,(H2,23,25)(H,24,27)/t20-/m0/s1/i6D2,9D2. The Hall–Kier alpha value is -2.70. The summed E-state index contributed by atoms with van der Waals surface area (Å²) in [5.74, 6) is -0.255. The Bertz CT molecular complexity index is 1040. The molecule has 4 N–H and O–H groups in total. The van der Waals surface area contributed by atoms with Crippen molar-refractivity contribution < 1.29 is 15.4 Å². The number of nitrogen functional groups attached to an aromatic ring is 1. The number of hydrogen-bond donors (Lipinski definition) is 3. The molecule has 0 saturated heterocycles. The van der Waals surface area contributed by atoms with Crippen molar-refractivity contribution in [2.24, 2.45) is 0 Å². The molecule has 0 spiro atoms. The van der Waals surface area contributed by atoms with Gasteiger partial charge in [0.2, 0.25) is 5.91 Å². The van der Waals surface area contributed by atoms with Crippen molar-refractivity contribution in [1.82, 2.24) is 4.98 Å². The lowest BCUT2D eigenvalue weighted by atomic mass is 10.0. The number of carbonyl (C=O) groups excluding carboxylic acids is 1. The number of hydrogen-bond acceptors (Lipinski definition) is 5. The predicted octanol–water partition coefficient (Wildman–Crippen LogP) is 4.35. The molecule has 0 saturated carbocycles. The van der Waals surface area contributed by atoms with Crippen LogP contribution < -0.4 is 11.1 Å². The smallest absolute Gasteiger partial charge is 0.230 e. The van der Waals surface area contributed by atoms with Crippen molar-refractivity contribution in [3.05, 3.63) is 76.8 Å². The molecule has 3 rings (SSSR count). The highest BCUT2D eigenvalue weighted by molar-refractivity contribution is 7.13. The van der Waals surface area contributed by atoms with E-state index in [4.69, 9.17) is 11.2 Å². The Morgan fingerprint density at radius 3 is 2.61 bits per heavy atom. The number of nitrogens with zero attached hydrogens (tertiary/aromatic N) is 1. The van der Waals surface area contributed by atoms with Gasteiger partial charge in [-0.05, 0) is 42.4 Å². The van der Waals surface area contributed by atoms with Gasteiger partial charge in [-0.3, -0.25) is 4.79 Å². The average Bonchev–Trinajstić information content (AvgIpc) is 3.17. The van der Waals surface area contributed by atoms with Crippen molar-refractivity contribution in [2.75, 3.05) is 11.1 Å². The lowest BCUT2D eigenvalue weighted by Gasteiger charge is -2.10. The molecule has 5 nitrogen and oxygen atoms in total. The molecule has 3 aromatic rings. The van der Waals surface area contributed by atoms with Crippen LogP contribution in [-0.2, 0) is 17.6 Å². The molecule has 0 bridgehead atoms. The minimum Gasteiger partial charge on any atom is -0.388 e. The number of aryl methyl sites for hydroxylation is 1. The van der Waals surface area contributed by atoms with Gasteiger partial charge in [-0.15, -0.1) is 11.3 Å². The highest BCUT2D eigenvalue weighted by atomic mass is 32.1. The van der Waals surface area contributed by atoms with Gasteiger partial charge in [0.25, 0.3) is 0 Å². The van der Waals surface area contributed by atoms with Gasteiger partial charge in [-0.2, -0.15) is 0 Å². The van der Waals surface area contributed by atoms with Crippen LogP contribution in [0.15, 0.2) is 60.0 Å². The second-order valence-corrected chi connectivity index (χ2v) is 7.06. The van der Waals surface area contributed by atoms with Gasteiger partial charge >= 0.3 is 0 Å². The van der Waals surface area contributed by atoms with Crippen LogP contribution >= 0.6 is 11.3 Å². The highest BCUT2D eigenvalue weighted by Crippen LogP contribution is 2.20. The summed E-state index contributed by atoms with van der Waals surface area (Å²) < 4.78 is 33.1. The maximum Gasteiger partial charge on any atom is 0.230 e. The first-order valence-corrected chi connectivity index (χ1v) is 9.78. The largest absolute Gasteiger partial charge is 0.388 e. The van der Waals surface area contributed by atoms with Crippen LogP contribution in [0.4, 0.5) is 10.8 Å². The fourth-order valence-electron chi connectivity index (χ4n) is 2.61. The number of amides is 1. The Kier molecular flexibility index (Phi) is 5.45. The van der Waals surface area contributed by atoms with Crippen molar-refractivity contribution in [1.29, 1.82) is 0 Å². The van der Waals surface area contributed by atoms with Gasteiger partial charge in [0.15, 0.2) is 5.13 Å². The highest BCUT2D eigenvalue weighted by Gasteiger charge is 2.08. The minimum absolute atomic E-state index is 0.0924. The number of anilines is 2. The molecule has 0 aliphatic rings. The van der Waals surface area contributed by atoms with E-state index in [1.807, 2.05) is 0 Å². The van der Waals surface area contributed by atoms with Gasteiger partial charge in [0.05, 0.1) is 18.2 Å². The molecular formula is C22H25N3O2S. The predicted molar refractivity (Wildman–Crippen MR) is 114 cm³/mol.